The van der Waals surface area contributed by atoms with Gasteiger partial charge in [0.25, 0.3) is 0 Å². The van der Waals surface area contributed by atoms with E-state index in [1.54, 1.807) is 0 Å². The molecule has 202 valence electrons. The fourth-order valence-corrected chi connectivity index (χ4v) is 5.48. The van der Waals surface area contributed by atoms with Crippen molar-refractivity contribution in [2.24, 2.45) is 0 Å². The standard InChI is InChI=1S/C34H54O2/c1-4-5-6-7-8-9-10-11-12-13-14-15-16-17-18-19-20-25-30(31-26-21-23-28(2)33(31)35)32-27-22-24-29(3)34(32)36/h21-24,26-27,30,35-36H,4-20,25H2,1-3H3. The first-order valence-corrected chi connectivity index (χ1v) is 15.1. The summed E-state index contributed by atoms with van der Waals surface area (Å²) in [5, 5.41) is 21.5. The van der Waals surface area contributed by atoms with Crippen LogP contribution in [-0.2, 0) is 0 Å². The van der Waals surface area contributed by atoms with Crippen LogP contribution in [0, 0.1) is 13.8 Å². The molecule has 0 saturated carbocycles. The molecule has 36 heavy (non-hydrogen) atoms. The molecule has 0 saturated heterocycles. The fraction of sp³-hybridized carbons (Fsp3) is 0.647. The number of phenolic OH excluding ortho intramolecular Hbond substituents is 2. The maximum atomic E-state index is 10.8. The molecule has 0 aromatic heterocycles. The van der Waals surface area contributed by atoms with E-state index in [-0.39, 0.29) is 5.92 Å². The lowest BCUT2D eigenvalue weighted by atomic mass is 9.84. The molecule has 0 fully saturated rings. The number of benzene rings is 2. The Bertz CT molecular complexity index is 790. The highest BCUT2D eigenvalue weighted by Gasteiger charge is 2.21. The molecule has 0 heterocycles. The Balaban J connectivity index is 1.61. The van der Waals surface area contributed by atoms with E-state index in [0.29, 0.717) is 11.5 Å². The summed E-state index contributed by atoms with van der Waals surface area (Å²) in [6, 6.07) is 12.0. The summed E-state index contributed by atoms with van der Waals surface area (Å²) in [6.45, 7) is 6.18. The molecule has 0 amide bonds. The summed E-state index contributed by atoms with van der Waals surface area (Å²) in [5.74, 6) is 0.770. The Kier molecular flexibility index (Phi) is 15.4. The Morgan fingerprint density at radius 2 is 0.833 bits per heavy atom. The van der Waals surface area contributed by atoms with Gasteiger partial charge in [0, 0.05) is 17.0 Å². The molecule has 0 radical (unpaired) electrons. The summed E-state index contributed by atoms with van der Waals surface area (Å²) in [5.41, 5.74) is 3.67. The minimum absolute atomic E-state index is 0.0288. The molecule has 0 bridgehead atoms. The number of unbranched alkanes of at least 4 members (excludes halogenated alkanes) is 16. The predicted octanol–water partition coefficient (Wildman–Crippen LogP) is 10.9. The van der Waals surface area contributed by atoms with Gasteiger partial charge in [0.2, 0.25) is 0 Å². The molecular formula is C34H54O2. The zero-order chi connectivity index (χ0) is 26.0. The monoisotopic (exact) mass is 494 g/mol. The van der Waals surface area contributed by atoms with Crippen LogP contribution in [0.2, 0.25) is 0 Å². The van der Waals surface area contributed by atoms with Crippen LogP contribution < -0.4 is 0 Å². The van der Waals surface area contributed by atoms with Crippen molar-refractivity contribution in [1.82, 2.24) is 0 Å². The van der Waals surface area contributed by atoms with Gasteiger partial charge in [-0.1, -0.05) is 152 Å². The van der Waals surface area contributed by atoms with Crippen molar-refractivity contribution >= 4 is 0 Å². The summed E-state index contributed by atoms with van der Waals surface area (Å²) in [7, 11) is 0. The first-order chi connectivity index (χ1) is 17.6. The molecule has 0 atom stereocenters. The molecule has 2 rings (SSSR count). The third kappa shape index (κ3) is 11.0. The molecule has 2 aromatic carbocycles. The normalized spacial score (nSPS) is 11.4. The second-order valence-electron chi connectivity index (χ2n) is 11.0. The van der Waals surface area contributed by atoms with E-state index < -0.39 is 0 Å². The lowest BCUT2D eigenvalue weighted by Crippen LogP contribution is -2.04. The van der Waals surface area contributed by atoms with Gasteiger partial charge >= 0.3 is 0 Å². The van der Waals surface area contributed by atoms with E-state index in [1.807, 2.05) is 50.2 Å². The third-order valence-corrected chi connectivity index (χ3v) is 7.89. The number of hydrogen-bond acceptors (Lipinski definition) is 2. The average molecular weight is 495 g/mol. The minimum Gasteiger partial charge on any atom is -0.507 e. The van der Waals surface area contributed by atoms with Crippen LogP contribution in [0.25, 0.3) is 0 Å². The van der Waals surface area contributed by atoms with Gasteiger partial charge in [-0.05, 0) is 31.4 Å². The maximum Gasteiger partial charge on any atom is 0.122 e. The van der Waals surface area contributed by atoms with Crippen LogP contribution >= 0.6 is 0 Å². The zero-order valence-corrected chi connectivity index (χ0v) is 23.7. The second kappa shape index (κ2) is 18.3. The smallest absolute Gasteiger partial charge is 0.122 e. The molecule has 0 aliphatic heterocycles. The minimum atomic E-state index is 0.0288. The van der Waals surface area contributed by atoms with Gasteiger partial charge in [-0.15, -0.1) is 0 Å². The molecule has 0 spiro atoms. The molecule has 0 aliphatic rings. The molecule has 2 heteroatoms. The maximum absolute atomic E-state index is 10.8. The Hall–Kier alpha value is -1.96. The van der Waals surface area contributed by atoms with Crippen LogP contribution in [0.15, 0.2) is 36.4 Å². The van der Waals surface area contributed by atoms with Crippen LogP contribution in [0.5, 0.6) is 11.5 Å². The summed E-state index contributed by atoms with van der Waals surface area (Å²) < 4.78 is 0. The first kappa shape index (κ1) is 30.3. The number of aryl methyl sites for hydroxylation is 2. The van der Waals surface area contributed by atoms with Crippen LogP contribution in [0.1, 0.15) is 151 Å². The van der Waals surface area contributed by atoms with E-state index in [0.717, 1.165) is 35.1 Å². The number of para-hydroxylation sites is 2. The molecular weight excluding hydrogens is 440 g/mol. The highest BCUT2D eigenvalue weighted by molar-refractivity contribution is 5.50. The molecule has 2 N–H and O–H groups in total. The second-order valence-corrected chi connectivity index (χ2v) is 11.0. The third-order valence-electron chi connectivity index (χ3n) is 7.89. The van der Waals surface area contributed by atoms with Crippen molar-refractivity contribution in [3.63, 3.8) is 0 Å². The Labute approximate surface area is 222 Å². The van der Waals surface area contributed by atoms with Crippen molar-refractivity contribution in [2.75, 3.05) is 0 Å². The van der Waals surface area contributed by atoms with Crippen molar-refractivity contribution in [1.29, 1.82) is 0 Å². The largest absolute Gasteiger partial charge is 0.507 e. The quantitative estimate of drug-likeness (QED) is 0.180. The van der Waals surface area contributed by atoms with Crippen molar-refractivity contribution in [3.05, 3.63) is 58.7 Å². The number of hydrogen-bond donors (Lipinski definition) is 2. The van der Waals surface area contributed by atoms with E-state index in [1.165, 1.54) is 103 Å². The van der Waals surface area contributed by atoms with E-state index in [2.05, 4.69) is 6.92 Å². The number of rotatable bonds is 20. The van der Waals surface area contributed by atoms with E-state index in [4.69, 9.17) is 0 Å². The van der Waals surface area contributed by atoms with E-state index in [9.17, 15) is 10.2 Å². The van der Waals surface area contributed by atoms with Crippen LogP contribution in [0.4, 0.5) is 0 Å². The van der Waals surface area contributed by atoms with Gasteiger partial charge in [0.1, 0.15) is 11.5 Å². The molecule has 2 aromatic rings. The predicted molar refractivity (Wildman–Crippen MR) is 156 cm³/mol. The van der Waals surface area contributed by atoms with Gasteiger partial charge in [-0.3, -0.25) is 0 Å². The SMILES string of the molecule is CCCCCCCCCCCCCCCCCCCC(c1cccc(C)c1O)c1cccc(C)c1O. The topological polar surface area (TPSA) is 40.5 Å². The zero-order valence-electron chi connectivity index (χ0n) is 23.7. The van der Waals surface area contributed by atoms with Crippen molar-refractivity contribution in [3.8, 4) is 11.5 Å². The lowest BCUT2D eigenvalue weighted by Gasteiger charge is -2.22. The molecule has 2 nitrogen and oxygen atoms in total. The number of phenols is 2. The first-order valence-electron chi connectivity index (χ1n) is 15.1. The van der Waals surface area contributed by atoms with Crippen LogP contribution in [-0.4, -0.2) is 10.2 Å². The molecule has 0 aliphatic carbocycles. The van der Waals surface area contributed by atoms with Gasteiger partial charge in [-0.2, -0.15) is 0 Å². The van der Waals surface area contributed by atoms with Crippen molar-refractivity contribution in [2.45, 2.75) is 142 Å². The average Bonchev–Trinajstić information content (AvgIpc) is 2.87. The summed E-state index contributed by atoms with van der Waals surface area (Å²) in [4.78, 5) is 0. The van der Waals surface area contributed by atoms with Gasteiger partial charge in [0.05, 0.1) is 0 Å². The summed E-state index contributed by atoms with van der Waals surface area (Å²) in [6.07, 6.45) is 24.3. The van der Waals surface area contributed by atoms with Gasteiger partial charge in [-0.25, -0.2) is 0 Å². The van der Waals surface area contributed by atoms with Crippen molar-refractivity contribution < 1.29 is 10.2 Å². The highest BCUT2D eigenvalue weighted by atomic mass is 16.3. The highest BCUT2D eigenvalue weighted by Crippen LogP contribution is 2.41. The van der Waals surface area contributed by atoms with E-state index >= 15 is 0 Å². The van der Waals surface area contributed by atoms with Gasteiger partial charge in [0.15, 0.2) is 0 Å². The lowest BCUT2D eigenvalue weighted by molar-refractivity contribution is 0.443. The Morgan fingerprint density at radius 1 is 0.500 bits per heavy atom. The number of aromatic hydroxyl groups is 2. The molecule has 0 unspecified atom stereocenters. The summed E-state index contributed by atoms with van der Waals surface area (Å²) >= 11 is 0. The Morgan fingerprint density at radius 3 is 1.19 bits per heavy atom. The fourth-order valence-electron chi connectivity index (χ4n) is 5.48. The van der Waals surface area contributed by atoms with Gasteiger partial charge < -0.3 is 10.2 Å². The van der Waals surface area contributed by atoms with Crippen LogP contribution in [0.3, 0.4) is 0 Å².